The first kappa shape index (κ1) is 12.6. The first-order valence-electron chi connectivity index (χ1n) is 7.50. The fourth-order valence-corrected chi connectivity index (χ4v) is 3.05. The number of benzene rings is 1. The molecule has 1 amide bonds. The Hall–Kier alpha value is -2.17. The molecule has 21 heavy (non-hydrogen) atoms. The van der Waals surface area contributed by atoms with E-state index >= 15 is 0 Å². The summed E-state index contributed by atoms with van der Waals surface area (Å²) in [5.41, 5.74) is 1.08. The van der Waals surface area contributed by atoms with Crippen molar-refractivity contribution >= 4 is 5.91 Å². The lowest BCUT2D eigenvalue weighted by Crippen LogP contribution is -2.39. The molecule has 108 valence electrons. The van der Waals surface area contributed by atoms with E-state index < -0.39 is 0 Å². The van der Waals surface area contributed by atoms with Crippen LogP contribution in [-0.2, 0) is 17.9 Å². The summed E-state index contributed by atoms with van der Waals surface area (Å²) in [6.07, 6.45) is 1.04. The zero-order valence-corrected chi connectivity index (χ0v) is 12.1. The van der Waals surface area contributed by atoms with Crippen molar-refractivity contribution in [3.05, 3.63) is 36.2 Å². The van der Waals surface area contributed by atoms with Gasteiger partial charge in [-0.2, -0.15) is 0 Å². The lowest BCUT2D eigenvalue weighted by Gasteiger charge is -2.28. The molecule has 5 heteroatoms. The molecule has 1 aromatic heterocycles. The summed E-state index contributed by atoms with van der Waals surface area (Å²) < 4.78 is 2.13. The average Bonchev–Trinajstić information content (AvgIpc) is 3.11. The minimum atomic E-state index is 0.244. The third-order valence-electron chi connectivity index (χ3n) is 4.52. The van der Waals surface area contributed by atoms with Crippen molar-refractivity contribution in [1.29, 1.82) is 0 Å². The topological polar surface area (TPSA) is 51.0 Å². The Kier molecular flexibility index (Phi) is 2.80. The molecule has 1 aromatic carbocycles. The van der Waals surface area contributed by atoms with Gasteiger partial charge in [-0.15, -0.1) is 10.2 Å². The molecule has 4 rings (SSSR count). The molecule has 5 nitrogen and oxygen atoms in total. The van der Waals surface area contributed by atoms with Crippen LogP contribution in [0.4, 0.5) is 0 Å². The lowest BCUT2D eigenvalue weighted by atomic mass is 10.2. The van der Waals surface area contributed by atoms with E-state index in [1.807, 2.05) is 35.2 Å². The molecule has 0 radical (unpaired) electrons. The van der Waals surface area contributed by atoms with Gasteiger partial charge in [0, 0.05) is 24.6 Å². The molecule has 0 bridgehead atoms. The number of aromatic nitrogens is 3. The van der Waals surface area contributed by atoms with Crippen molar-refractivity contribution in [1.82, 2.24) is 19.7 Å². The maximum atomic E-state index is 12.3. The zero-order valence-electron chi connectivity index (χ0n) is 12.1. The molecular weight excluding hydrogens is 264 g/mol. The second-order valence-corrected chi connectivity index (χ2v) is 6.04. The molecule has 1 saturated carbocycles. The highest BCUT2D eigenvalue weighted by Crippen LogP contribution is 2.39. The van der Waals surface area contributed by atoms with Crippen LogP contribution in [0.25, 0.3) is 11.4 Å². The standard InChI is InChI=1S/C16H18N4O/c1-11-9-13(11)16(21)19-7-8-20-14(10-19)17-18-15(20)12-5-3-2-4-6-12/h2-6,11,13H,7-10H2,1H3. The fraction of sp³-hybridized carbons (Fsp3) is 0.438. The predicted molar refractivity (Wildman–Crippen MR) is 78.1 cm³/mol. The normalized spacial score (nSPS) is 23.8. The van der Waals surface area contributed by atoms with Crippen LogP contribution >= 0.6 is 0 Å². The molecule has 0 N–H and O–H groups in total. The minimum absolute atomic E-state index is 0.244. The van der Waals surface area contributed by atoms with Crippen LogP contribution in [-0.4, -0.2) is 32.1 Å². The van der Waals surface area contributed by atoms with Crippen molar-refractivity contribution in [3.63, 3.8) is 0 Å². The average molecular weight is 282 g/mol. The molecule has 2 unspecified atom stereocenters. The number of hydrogen-bond donors (Lipinski definition) is 0. The number of amides is 1. The van der Waals surface area contributed by atoms with Gasteiger partial charge < -0.3 is 9.47 Å². The SMILES string of the molecule is CC1CC1C(=O)N1CCn2c(nnc2-c2ccccc2)C1. The Labute approximate surface area is 123 Å². The third kappa shape index (κ3) is 2.13. The Balaban J connectivity index is 1.58. The molecule has 2 heterocycles. The van der Waals surface area contributed by atoms with E-state index in [1.54, 1.807) is 0 Å². The van der Waals surface area contributed by atoms with Crippen LogP contribution in [0.3, 0.4) is 0 Å². The molecule has 1 aliphatic heterocycles. The first-order valence-corrected chi connectivity index (χ1v) is 7.50. The van der Waals surface area contributed by atoms with E-state index in [4.69, 9.17) is 0 Å². The van der Waals surface area contributed by atoms with Crippen LogP contribution in [0.1, 0.15) is 19.2 Å². The molecule has 2 atom stereocenters. The van der Waals surface area contributed by atoms with Crippen molar-refractivity contribution in [2.45, 2.75) is 26.4 Å². The summed E-state index contributed by atoms with van der Waals surface area (Å²) in [6.45, 7) is 4.26. The number of hydrogen-bond acceptors (Lipinski definition) is 3. The molecule has 2 aliphatic rings. The molecule has 2 aromatic rings. The summed E-state index contributed by atoms with van der Waals surface area (Å²) in [4.78, 5) is 14.3. The van der Waals surface area contributed by atoms with Gasteiger partial charge in [0.1, 0.15) is 0 Å². The van der Waals surface area contributed by atoms with Crippen LogP contribution in [0, 0.1) is 11.8 Å². The molecular formula is C16H18N4O. The van der Waals surface area contributed by atoms with Gasteiger partial charge in [-0.25, -0.2) is 0 Å². The molecule has 1 aliphatic carbocycles. The van der Waals surface area contributed by atoms with E-state index in [0.717, 1.165) is 36.7 Å². The van der Waals surface area contributed by atoms with Crippen LogP contribution in [0.5, 0.6) is 0 Å². The summed E-state index contributed by atoms with van der Waals surface area (Å²) >= 11 is 0. The zero-order chi connectivity index (χ0) is 14.4. The smallest absolute Gasteiger partial charge is 0.226 e. The van der Waals surface area contributed by atoms with Gasteiger partial charge in [-0.05, 0) is 12.3 Å². The van der Waals surface area contributed by atoms with Gasteiger partial charge in [0.15, 0.2) is 11.6 Å². The largest absolute Gasteiger partial charge is 0.333 e. The monoisotopic (exact) mass is 282 g/mol. The van der Waals surface area contributed by atoms with Gasteiger partial charge in [0.05, 0.1) is 6.54 Å². The number of carbonyl (C=O) groups is 1. The van der Waals surface area contributed by atoms with E-state index in [0.29, 0.717) is 12.5 Å². The lowest BCUT2D eigenvalue weighted by molar-refractivity contribution is -0.134. The highest BCUT2D eigenvalue weighted by molar-refractivity contribution is 5.81. The maximum Gasteiger partial charge on any atom is 0.226 e. The number of carbonyl (C=O) groups excluding carboxylic acids is 1. The van der Waals surface area contributed by atoms with E-state index in [9.17, 15) is 4.79 Å². The number of rotatable bonds is 2. The highest BCUT2D eigenvalue weighted by atomic mass is 16.2. The van der Waals surface area contributed by atoms with Crippen molar-refractivity contribution in [2.75, 3.05) is 6.54 Å². The molecule has 1 fully saturated rings. The summed E-state index contributed by atoms with van der Waals surface area (Å²) in [5, 5.41) is 8.60. The van der Waals surface area contributed by atoms with Crippen molar-refractivity contribution < 1.29 is 4.79 Å². The second-order valence-electron chi connectivity index (χ2n) is 6.04. The third-order valence-corrected chi connectivity index (χ3v) is 4.52. The van der Waals surface area contributed by atoms with Crippen LogP contribution in [0.15, 0.2) is 30.3 Å². The fourth-order valence-electron chi connectivity index (χ4n) is 3.05. The Morgan fingerprint density at radius 3 is 2.67 bits per heavy atom. The van der Waals surface area contributed by atoms with Gasteiger partial charge in [-0.3, -0.25) is 4.79 Å². The molecule has 0 saturated heterocycles. The Morgan fingerprint density at radius 2 is 1.95 bits per heavy atom. The predicted octanol–water partition coefficient (Wildman–Crippen LogP) is 1.94. The van der Waals surface area contributed by atoms with Crippen molar-refractivity contribution in [2.24, 2.45) is 11.8 Å². The van der Waals surface area contributed by atoms with E-state index in [1.165, 1.54) is 0 Å². The minimum Gasteiger partial charge on any atom is -0.333 e. The Morgan fingerprint density at radius 1 is 1.19 bits per heavy atom. The maximum absolute atomic E-state index is 12.3. The van der Waals surface area contributed by atoms with Gasteiger partial charge in [0.25, 0.3) is 0 Å². The number of fused-ring (bicyclic) bond motifs is 1. The van der Waals surface area contributed by atoms with Gasteiger partial charge >= 0.3 is 0 Å². The van der Waals surface area contributed by atoms with Gasteiger partial charge in [0.2, 0.25) is 5.91 Å². The van der Waals surface area contributed by atoms with E-state index in [-0.39, 0.29) is 11.8 Å². The second kappa shape index (κ2) is 4.69. The van der Waals surface area contributed by atoms with E-state index in [2.05, 4.69) is 21.7 Å². The summed E-state index contributed by atoms with van der Waals surface area (Å²) in [7, 11) is 0. The van der Waals surface area contributed by atoms with Crippen molar-refractivity contribution in [3.8, 4) is 11.4 Å². The van der Waals surface area contributed by atoms with Crippen LogP contribution < -0.4 is 0 Å². The molecule has 0 spiro atoms. The van der Waals surface area contributed by atoms with Gasteiger partial charge in [-0.1, -0.05) is 37.3 Å². The quantitative estimate of drug-likeness (QED) is 0.846. The first-order chi connectivity index (χ1) is 10.2. The summed E-state index contributed by atoms with van der Waals surface area (Å²) in [5.74, 6) is 2.88. The number of nitrogens with zero attached hydrogens (tertiary/aromatic N) is 4. The summed E-state index contributed by atoms with van der Waals surface area (Å²) in [6, 6.07) is 10.1. The Bertz CT molecular complexity index is 679. The van der Waals surface area contributed by atoms with Crippen LogP contribution in [0.2, 0.25) is 0 Å². The highest BCUT2D eigenvalue weighted by Gasteiger charge is 2.42.